The van der Waals surface area contributed by atoms with E-state index in [4.69, 9.17) is 4.42 Å². The summed E-state index contributed by atoms with van der Waals surface area (Å²) in [6.07, 6.45) is 3.36. The van der Waals surface area contributed by atoms with Crippen LogP contribution >= 0.6 is 0 Å². The van der Waals surface area contributed by atoms with Gasteiger partial charge in [0.1, 0.15) is 0 Å². The minimum Gasteiger partial charge on any atom is -0.480 e. The molecule has 0 amide bonds. The molecule has 2 rings (SSSR count). The topological polar surface area (TPSA) is 46.3 Å². The number of aryl methyl sites for hydroxylation is 2. The maximum Gasteiger partial charge on any atom is 0.286 e. The first-order valence-corrected chi connectivity index (χ1v) is 3.73. The molecular formula is C9H9NO2. The summed E-state index contributed by atoms with van der Waals surface area (Å²) in [6, 6.07) is 0. The Balaban J connectivity index is 2.97. The Morgan fingerprint density at radius 3 is 2.75 bits per heavy atom. The van der Waals surface area contributed by atoms with Crippen LogP contribution in [0.2, 0.25) is 0 Å². The molecule has 0 aliphatic carbocycles. The van der Waals surface area contributed by atoms with Gasteiger partial charge in [-0.3, -0.25) is 4.98 Å². The van der Waals surface area contributed by atoms with E-state index in [0.717, 1.165) is 16.5 Å². The Morgan fingerprint density at radius 1 is 1.33 bits per heavy atom. The Hall–Kier alpha value is -1.51. The molecule has 62 valence electrons. The summed E-state index contributed by atoms with van der Waals surface area (Å²) < 4.78 is 5.07. The molecule has 1 N–H and O–H groups in total. The van der Waals surface area contributed by atoms with E-state index in [1.807, 2.05) is 13.8 Å². The van der Waals surface area contributed by atoms with E-state index in [1.165, 1.54) is 0 Å². The zero-order valence-corrected chi connectivity index (χ0v) is 6.96. The SMILES string of the molecule is Cc1cncc2oc(O)c(C)c12. The second kappa shape index (κ2) is 2.24. The fourth-order valence-corrected chi connectivity index (χ4v) is 1.39. The molecule has 0 aliphatic rings. The molecule has 0 aromatic carbocycles. The third kappa shape index (κ3) is 0.794. The highest BCUT2D eigenvalue weighted by Gasteiger charge is 2.10. The molecular weight excluding hydrogens is 154 g/mol. The van der Waals surface area contributed by atoms with Gasteiger partial charge in [0.05, 0.1) is 6.20 Å². The van der Waals surface area contributed by atoms with Crippen LogP contribution in [0.15, 0.2) is 16.8 Å². The minimum absolute atomic E-state index is 0.0129. The highest BCUT2D eigenvalue weighted by Crippen LogP contribution is 2.30. The maximum atomic E-state index is 9.27. The highest BCUT2D eigenvalue weighted by atomic mass is 16.5. The van der Waals surface area contributed by atoms with Gasteiger partial charge in [0, 0.05) is 17.1 Å². The summed E-state index contributed by atoms with van der Waals surface area (Å²) >= 11 is 0. The van der Waals surface area contributed by atoms with Crippen LogP contribution in [-0.2, 0) is 0 Å². The van der Waals surface area contributed by atoms with Crippen LogP contribution in [0.4, 0.5) is 0 Å². The molecule has 0 fully saturated rings. The molecule has 3 nitrogen and oxygen atoms in total. The number of nitrogens with zero attached hydrogens (tertiary/aromatic N) is 1. The maximum absolute atomic E-state index is 9.27. The molecule has 3 heteroatoms. The number of aromatic nitrogens is 1. The molecule has 0 aliphatic heterocycles. The van der Waals surface area contributed by atoms with Gasteiger partial charge in [-0.15, -0.1) is 0 Å². The van der Waals surface area contributed by atoms with Crippen molar-refractivity contribution in [2.24, 2.45) is 0 Å². The minimum atomic E-state index is -0.0129. The number of pyridine rings is 1. The van der Waals surface area contributed by atoms with Crippen molar-refractivity contribution in [3.8, 4) is 5.95 Å². The molecule has 0 bridgehead atoms. The summed E-state index contributed by atoms with van der Waals surface area (Å²) in [5.41, 5.74) is 2.45. The van der Waals surface area contributed by atoms with E-state index >= 15 is 0 Å². The molecule has 0 radical (unpaired) electrons. The van der Waals surface area contributed by atoms with Crippen molar-refractivity contribution in [3.63, 3.8) is 0 Å². The van der Waals surface area contributed by atoms with Crippen LogP contribution in [0.5, 0.6) is 5.95 Å². The van der Waals surface area contributed by atoms with Crippen LogP contribution in [0, 0.1) is 13.8 Å². The molecule has 2 aromatic heterocycles. The van der Waals surface area contributed by atoms with Gasteiger partial charge in [0.15, 0.2) is 5.58 Å². The largest absolute Gasteiger partial charge is 0.480 e. The van der Waals surface area contributed by atoms with Crippen LogP contribution in [0.25, 0.3) is 11.0 Å². The zero-order valence-electron chi connectivity index (χ0n) is 6.96. The average molecular weight is 163 g/mol. The predicted molar refractivity (Wildman–Crippen MR) is 45.1 cm³/mol. The number of fused-ring (bicyclic) bond motifs is 1. The van der Waals surface area contributed by atoms with Crippen LogP contribution in [-0.4, -0.2) is 10.1 Å². The van der Waals surface area contributed by atoms with Crippen molar-refractivity contribution < 1.29 is 9.52 Å². The fraction of sp³-hybridized carbons (Fsp3) is 0.222. The third-order valence-electron chi connectivity index (χ3n) is 2.00. The standard InChI is InChI=1S/C9H9NO2/c1-5-3-10-4-7-8(5)6(2)9(11)12-7/h3-4,11H,1-2H3. The molecule has 0 spiro atoms. The average Bonchev–Trinajstić information content (AvgIpc) is 2.29. The molecule has 2 aromatic rings. The lowest BCUT2D eigenvalue weighted by molar-refractivity contribution is 0.343. The van der Waals surface area contributed by atoms with Crippen molar-refractivity contribution in [2.45, 2.75) is 13.8 Å². The second-order valence-electron chi connectivity index (χ2n) is 2.86. The van der Waals surface area contributed by atoms with E-state index in [2.05, 4.69) is 4.98 Å². The Labute approximate surface area is 69.7 Å². The lowest BCUT2D eigenvalue weighted by atomic mass is 10.1. The van der Waals surface area contributed by atoms with Gasteiger partial charge >= 0.3 is 0 Å². The van der Waals surface area contributed by atoms with Gasteiger partial charge < -0.3 is 9.52 Å². The lowest BCUT2D eigenvalue weighted by Gasteiger charge is -1.92. The molecule has 12 heavy (non-hydrogen) atoms. The first kappa shape index (κ1) is 7.16. The van der Waals surface area contributed by atoms with Crippen molar-refractivity contribution in [1.29, 1.82) is 0 Å². The molecule has 0 saturated carbocycles. The fourth-order valence-electron chi connectivity index (χ4n) is 1.39. The van der Waals surface area contributed by atoms with Gasteiger partial charge in [-0.2, -0.15) is 0 Å². The van der Waals surface area contributed by atoms with Gasteiger partial charge in [-0.25, -0.2) is 0 Å². The summed E-state index contributed by atoms with van der Waals surface area (Å²) in [7, 11) is 0. The van der Waals surface area contributed by atoms with Crippen molar-refractivity contribution in [1.82, 2.24) is 4.98 Å². The van der Waals surface area contributed by atoms with Crippen molar-refractivity contribution in [2.75, 3.05) is 0 Å². The van der Waals surface area contributed by atoms with Crippen LogP contribution in [0.1, 0.15) is 11.1 Å². The quantitative estimate of drug-likeness (QED) is 0.647. The molecule has 0 unspecified atom stereocenters. The van der Waals surface area contributed by atoms with Crippen molar-refractivity contribution in [3.05, 3.63) is 23.5 Å². The summed E-state index contributed by atoms with van der Waals surface area (Å²) in [5.74, 6) is -0.0129. The van der Waals surface area contributed by atoms with Gasteiger partial charge in [-0.1, -0.05) is 0 Å². The Kier molecular flexibility index (Phi) is 1.33. The van der Waals surface area contributed by atoms with E-state index in [0.29, 0.717) is 5.58 Å². The van der Waals surface area contributed by atoms with Gasteiger partial charge in [-0.05, 0) is 19.4 Å². The molecule has 0 atom stereocenters. The van der Waals surface area contributed by atoms with E-state index < -0.39 is 0 Å². The number of hydrogen-bond acceptors (Lipinski definition) is 3. The zero-order chi connectivity index (χ0) is 8.72. The molecule has 0 saturated heterocycles. The normalized spacial score (nSPS) is 10.8. The summed E-state index contributed by atoms with van der Waals surface area (Å²) in [4.78, 5) is 3.96. The lowest BCUT2D eigenvalue weighted by Crippen LogP contribution is -1.78. The van der Waals surface area contributed by atoms with E-state index in [9.17, 15) is 5.11 Å². The Morgan fingerprint density at radius 2 is 2.08 bits per heavy atom. The predicted octanol–water partition coefficient (Wildman–Crippen LogP) is 2.15. The number of furan rings is 1. The first-order valence-electron chi connectivity index (χ1n) is 3.73. The van der Waals surface area contributed by atoms with E-state index in [-0.39, 0.29) is 5.95 Å². The van der Waals surface area contributed by atoms with E-state index in [1.54, 1.807) is 12.4 Å². The number of rotatable bonds is 0. The molecule has 2 heterocycles. The number of aromatic hydroxyl groups is 1. The highest BCUT2D eigenvalue weighted by molar-refractivity contribution is 5.85. The first-order chi connectivity index (χ1) is 5.70. The monoisotopic (exact) mass is 163 g/mol. The van der Waals surface area contributed by atoms with Crippen LogP contribution < -0.4 is 0 Å². The number of hydrogen-bond donors (Lipinski definition) is 1. The summed E-state index contributed by atoms with van der Waals surface area (Å²) in [5, 5.41) is 10.2. The Bertz CT molecular complexity index is 431. The van der Waals surface area contributed by atoms with Crippen LogP contribution in [0.3, 0.4) is 0 Å². The third-order valence-corrected chi connectivity index (χ3v) is 2.00. The van der Waals surface area contributed by atoms with Gasteiger partial charge in [0.25, 0.3) is 5.95 Å². The second-order valence-corrected chi connectivity index (χ2v) is 2.86. The van der Waals surface area contributed by atoms with Gasteiger partial charge in [0.2, 0.25) is 0 Å². The van der Waals surface area contributed by atoms with Crippen molar-refractivity contribution >= 4 is 11.0 Å². The summed E-state index contributed by atoms with van der Waals surface area (Å²) in [6.45, 7) is 3.77. The smallest absolute Gasteiger partial charge is 0.286 e.